The topological polar surface area (TPSA) is 26.0 Å². The summed E-state index contributed by atoms with van der Waals surface area (Å²) in [5.74, 6) is -0.246. The molecule has 2 aromatic carbocycles. The second kappa shape index (κ2) is 4.98. The Morgan fingerprint density at radius 1 is 1.12 bits per heavy atom. The predicted molar refractivity (Wildman–Crippen MR) is 71.3 cm³/mol. The molecule has 0 aliphatic carbocycles. The van der Waals surface area contributed by atoms with Crippen LogP contribution < -0.4 is 5.73 Å². The number of benzene rings is 2. The highest BCUT2D eigenvalue weighted by Gasteiger charge is 2.12. The molecule has 1 nitrogen and oxygen atoms in total. The van der Waals surface area contributed by atoms with E-state index in [9.17, 15) is 4.39 Å². The molecule has 0 radical (unpaired) electrons. The molecule has 0 bridgehead atoms. The highest BCUT2D eigenvalue weighted by Crippen LogP contribution is 2.27. The molecular weight excluding hydrogens is 281 g/mol. The van der Waals surface area contributed by atoms with Gasteiger partial charge in [-0.05, 0) is 41.8 Å². The van der Waals surface area contributed by atoms with Crippen molar-refractivity contribution in [1.82, 2.24) is 0 Å². The fraction of sp³-hybridized carbons (Fsp3) is 0.143. The molecule has 0 aliphatic heterocycles. The van der Waals surface area contributed by atoms with Crippen molar-refractivity contribution in [1.29, 1.82) is 0 Å². The Hall–Kier alpha value is -1.19. The van der Waals surface area contributed by atoms with E-state index in [0.29, 0.717) is 0 Å². The van der Waals surface area contributed by atoms with E-state index in [1.807, 2.05) is 25.1 Å². The summed E-state index contributed by atoms with van der Waals surface area (Å²) in [4.78, 5) is 0. The molecule has 0 saturated heterocycles. The van der Waals surface area contributed by atoms with Crippen molar-refractivity contribution in [2.45, 2.75) is 13.0 Å². The molecule has 3 heteroatoms. The molecule has 0 saturated carbocycles. The largest absolute Gasteiger partial charge is 0.320 e. The van der Waals surface area contributed by atoms with Gasteiger partial charge in [0.25, 0.3) is 0 Å². The van der Waals surface area contributed by atoms with E-state index in [4.69, 9.17) is 5.73 Å². The first-order valence-electron chi connectivity index (χ1n) is 5.35. The average molecular weight is 294 g/mol. The molecule has 2 rings (SSSR count). The molecular formula is C14H13BrFN. The quantitative estimate of drug-likeness (QED) is 0.892. The Balaban J connectivity index is 2.36. The van der Waals surface area contributed by atoms with Crippen molar-refractivity contribution in [3.63, 3.8) is 0 Å². The maximum Gasteiger partial charge on any atom is 0.123 e. The number of halogens is 2. The van der Waals surface area contributed by atoms with Crippen LogP contribution in [0.3, 0.4) is 0 Å². The predicted octanol–water partition coefficient (Wildman–Crippen LogP) is 3.94. The smallest absolute Gasteiger partial charge is 0.123 e. The van der Waals surface area contributed by atoms with Crippen molar-refractivity contribution >= 4 is 15.9 Å². The van der Waals surface area contributed by atoms with E-state index in [0.717, 1.165) is 15.6 Å². The molecule has 1 atom stereocenters. The Morgan fingerprint density at radius 3 is 2.35 bits per heavy atom. The van der Waals surface area contributed by atoms with Crippen LogP contribution in [0.5, 0.6) is 0 Å². The molecule has 88 valence electrons. The highest BCUT2D eigenvalue weighted by atomic mass is 79.9. The first-order valence-corrected chi connectivity index (χ1v) is 6.14. The van der Waals surface area contributed by atoms with Crippen LogP contribution in [-0.2, 0) is 0 Å². The zero-order valence-corrected chi connectivity index (χ0v) is 11.0. The zero-order valence-electron chi connectivity index (χ0n) is 9.45. The van der Waals surface area contributed by atoms with Gasteiger partial charge in [0.1, 0.15) is 5.82 Å². The fourth-order valence-corrected chi connectivity index (χ4v) is 2.47. The minimum atomic E-state index is -0.246. The molecule has 0 aromatic heterocycles. The van der Waals surface area contributed by atoms with Gasteiger partial charge in [0, 0.05) is 4.47 Å². The minimum Gasteiger partial charge on any atom is -0.320 e. The van der Waals surface area contributed by atoms with Crippen LogP contribution in [0.15, 0.2) is 46.9 Å². The molecule has 2 N–H and O–H groups in total. The van der Waals surface area contributed by atoms with Gasteiger partial charge in [0.15, 0.2) is 0 Å². The Bertz CT molecular complexity index is 522. The number of hydrogen-bond acceptors (Lipinski definition) is 1. The average Bonchev–Trinajstić information content (AvgIpc) is 2.29. The second-order valence-electron chi connectivity index (χ2n) is 4.05. The van der Waals surface area contributed by atoms with Crippen molar-refractivity contribution in [3.05, 3.63) is 69.4 Å². The molecule has 0 spiro atoms. The van der Waals surface area contributed by atoms with Gasteiger partial charge < -0.3 is 5.73 Å². The van der Waals surface area contributed by atoms with Crippen molar-refractivity contribution in [2.75, 3.05) is 0 Å². The lowest BCUT2D eigenvalue weighted by Crippen LogP contribution is -2.12. The summed E-state index contributed by atoms with van der Waals surface area (Å²) in [6.07, 6.45) is 0. The summed E-state index contributed by atoms with van der Waals surface area (Å²) in [7, 11) is 0. The van der Waals surface area contributed by atoms with Gasteiger partial charge >= 0.3 is 0 Å². The Labute approximate surface area is 109 Å². The summed E-state index contributed by atoms with van der Waals surface area (Å²) in [6.45, 7) is 2.03. The summed E-state index contributed by atoms with van der Waals surface area (Å²) < 4.78 is 13.8. The van der Waals surface area contributed by atoms with E-state index in [1.165, 1.54) is 17.7 Å². The standard InChI is InChI=1S/C14H13BrFN/c1-9-2-7-12(13(15)8-9)14(17)10-3-5-11(16)6-4-10/h2-8,14H,17H2,1H3. The van der Waals surface area contributed by atoms with Gasteiger partial charge in [-0.15, -0.1) is 0 Å². The lowest BCUT2D eigenvalue weighted by molar-refractivity contribution is 0.626. The number of rotatable bonds is 2. The summed E-state index contributed by atoms with van der Waals surface area (Å²) in [6, 6.07) is 12.1. The summed E-state index contributed by atoms with van der Waals surface area (Å²) in [5, 5.41) is 0. The number of hydrogen-bond donors (Lipinski definition) is 1. The molecule has 1 unspecified atom stereocenters. The van der Waals surface area contributed by atoms with Crippen LogP contribution in [-0.4, -0.2) is 0 Å². The van der Waals surface area contributed by atoms with E-state index in [2.05, 4.69) is 15.9 Å². The van der Waals surface area contributed by atoms with Gasteiger partial charge in [-0.25, -0.2) is 4.39 Å². The van der Waals surface area contributed by atoms with E-state index >= 15 is 0 Å². The molecule has 0 amide bonds. The van der Waals surface area contributed by atoms with E-state index < -0.39 is 0 Å². The van der Waals surface area contributed by atoms with Crippen molar-refractivity contribution in [3.8, 4) is 0 Å². The summed E-state index contributed by atoms with van der Waals surface area (Å²) in [5.41, 5.74) is 9.24. The van der Waals surface area contributed by atoms with E-state index in [1.54, 1.807) is 12.1 Å². The monoisotopic (exact) mass is 293 g/mol. The van der Waals surface area contributed by atoms with E-state index in [-0.39, 0.29) is 11.9 Å². The van der Waals surface area contributed by atoms with Crippen molar-refractivity contribution < 1.29 is 4.39 Å². The molecule has 2 aromatic rings. The molecule has 0 fully saturated rings. The first kappa shape index (κ1) is 12.3. The number of nitrogens with two attached hydrogens (primary N) is 1. The molecule has 17 heavy (non-hydrogen) atoms. The zero-order chi connectivity index (χ0) is 12.4. The fourth-order valence-electron chi connectivity index (χ4n) is 1.73. The number of aryl methyl sites for hydroxylation is 1. The van der Waals surface area contributed by atoms with Crippen LogP contribution in [0.25, 0.3) is 0 Å². The van der Waals surface area contributed by atoms with Crippen LogP contribution in [0, 0.1) is 12.7 Å². The SMILES string of the molecule is Cc1ccc(C(N)c2ccc(F)cc2)c(Br)c1. The lowest BCUT2D eigenvalue weighted by atomic mass is 9.99. The maximum atomic E-state index is 12.8. The highest BCUT2D eigenvalue weighted by molar-refractivity contribution is 9.10. The Morgan fingerprint density at radius 2 is 1.76 bits per heavy atom. The third-order valence-corrected chi connectivity index (χ3v) is 3.41. The van der Waals surface area contributed by atoms with Crippen LogP contribution in [0.1, 0.15) is 22.7 Å². The van der Waals surface area contributed by atoms with Crippen LogP contribution in [0.2, 0.25) is 0 Å². The lowest BCUT2D eigenvalue weighted by Gasteiger charge is -2.14. The normalized spacial score (nSPS) is 12.5. The maximum absolute atomic E-state index is 12.8. The van der Waals surface area contributed by atoms with Crippen LogP contribution >= 0.6 is 15.9 Å². The summed E-state index contributed by atoms with van der Waals surface area (Å²) >= 11 is 3.51. The third kappa shape index (κ3) is 2.73. The van der Waals surface area contributed by atoms with Crippen LogP contribution in [0.4, 0.5) is 4.39 Å². The Kier molecular flexibility index (Phi) is 3.60. The minimum absolute atomic E-state index is 0.245. The van der Waals surface area contributed by atoms with Gasteiger partial charge in [-0.3, -0.25) is 0 Å². The van der Waals surface area contributed by atoms with Gasteiger partial charge in [-0.1, -0.05) is 40.2 Å². The molecule has 0 heterocycles. The van der Waals surface area contributed by atoms with Gasteiger partial charge in [0.2, 0.25) is 0 Å². The third-order valence-electron chi connectivity index (χ3n) is 2.72. The van der Waals surface area contributed by atoms with Crippen molar-refractivity contribution in [2.24, 2.45) is 5.73 Å². The second-order valence-corrected chi connectivity index (χ2v) is 4.91. The molecule has 0 aliphatic rings. The first-order chi connectivity index (χ1) is 8.08. The van der Waals surface area contributed by atoms with Gasteiger partial charge in [0.05, 0.1) is 6.04 Å². The van der Waals surface area contributed by atoms with Gasteiger partial charge in [-0.2, -0.15) is 0 Å².